The van der Waals surface area contributed by atoms with Gasteiger partial charge in [0.05, 0.1) is 6.54 Å². The van der Waals surface area contributed by atoms with Crippen LogP contribution in [0.5, 0.6) is 11.5 Å². The Morgan fingerprint density at radius 2 is 1.93 bits per heavy atom. The van der Waals surface area contributed by atoms with Gasteiger partial charge in [-0.2, -0.15) is 4.98 Å². The first-order chi connectivity index (χ1) is 13.8. The highest BCUT2D eigenvalue weighted by Crippen LogP contribution is 2.33. The molecule has 0 bridgehead atoms. The lowest BCUT2D eigenvalue weighted by Gasteiger charge is -2.23. The first-order valence-corrected chi connectivity index (χ1v) is 9.90. The van der Waals surface area contributed by atoms with Crippen molar-refractivity contribution in [3.63, 3.8) is 0 Å². The van der Waals surface area contributed by atoms with Crippen molar-refractivity contribution < 1.29 is 18.9 Å². The normalized spacial score (nSPS) is 21.0. The summed E-state index contributed by atoms with van der Waals surface area (Å²) in [4.78, 5) is 6.12. The fraction of sp³-hybridized carbons (Fsp3) is 0.364. The van der Waals surface area contributed by atoms with Crippen LogP contribution in [0.2, 0.25) is 0 Å². The van der Waals surface area contributed by atoms with Crippen molar-refractivity contribution in [1.82, 2.24) is 10.1 Å². The number of nitrogens with zero attached hydrogens (tertiary/aromatic N) is 2. The van der Waals surface area contributed by atoms with Gasteiger partial charge in [0.15, 0.2) is 18.0 Å². The Kier molecular flexibility index (Phi) is 4.49. The van der Waals surface area contributed by atoms with Crippen LogP contribution < -0.4 is 14.4 Å². The van der Waals surface area contributed by atoms with E-state index in [1.807, 2.05) is 24.3 Å². The van der Waals surface area contributed by atoms with Gasteiger partial charge in [0, 0.05) is 24.0 Å². The number of ether oxygens (including phenoxy) is 2. The number of nitrogens with one attached hydrogen (secondary N) is 1. The van der Waals surface area contributed by atoms with E-state index in [0.717, 1.165) is 42.1 Å². The van der Waals surface area contributed by atoms with Gasteiger partial charge >= 0.3 is 0 Å². The number of quaternary nitrogens is 1. The second kappa shape index (κ2) is 7.28. The van der Waals surface area contributed by atoms with Crippen molar-refractivity contribution in [1.29, 1.82) is 0 Å². The number of hydrogen-bond acceptors (Lipinski definition) is 5. The van der Waals surface area contributed by atoms with E-state index in [0.29, 0.717) is 31.0 Å². The molecule has 1 unspecified atom stereocenters. The van der Waals surface area contributed by atoms with Crippen molar-refractivity contribution in [3.8, 4) is 22.9 Å². The van der Waals surface area contributed by atoms with E-state index in [2.05, 4.69) is 35.3 Å². The Hall–Kier alpha value is -2.86. The van der Waals surface area contributed by atoms with Crippen LogP contribution in [-0.2, 0) is 6.54 Å². The highest BCUT2D eigenvalue weighted by Gasteiger charge is 2.32. The molecule has 3 aromatic rings. The van der Waals surface area contributed by atoms with Crippen LogP contribution in [0.3, 0.4) is 0 Å². The van der Waals surface area contributed by atoms with Crippen LogP contribution >= 0.6 is 0 Å². The monoisotopic (exact) mass is 378 g/mol. The van der Waals surface area contributed by atoms with Crippen LogP contribution in [-0.4, -0.2) is 29.9 Å². The first kappa shape index (κ1) is 17.3. The summed E-state index contributed by atoms with van der Waals surface area (Å²) in [5.41, 5.74) is 3.46. The van der Waals surface area contributed by atoms with Crippen LogP contribution in [0.25, 0.3) is 11.4 Å². The summed E-state index contributed by atoms with van der Waals surface area (Å²) in [6, 6.07) is 14.9. The highest BCUT2D eigenvalue weighted by molar-refractivity contribution is 5.58. The molecule has 0 spiro atoms. The molecule has 2 aliphatic heterocycles. The van der Waals surface area contributed by atoms with Gasteiger partial charge < -0.3 is 18.9 Å². The summed E-state index contributed by atoms with van der Waals surface area (Å²) in [6.07, 6.45) is 2.33. The molecule has 2 atom stereocenters. The van der Waals surface area contributed by atoms with Gasteiger partial charge in [-0.3, -0.25) is 0 Å². The van der Waals surface area contributed by atoms with E-state index < -0.39 is 0 Å². The quantitative estimate of drug-likeness (QED) is 0.756. The highest BCUT2D eigenvalue weighted by atomic mass is 16.6. The fourth-order valence-electron chi connectivity index (χ4n) is 4.26. The molecule has 3 heterocycles. The first-order valence-electron chi connectivity index (χ1n) is 9.90. The van der Waals surface area contributed by atoms with Crippen LogP contribution in [0.4, 0.5) is 0 Å². The molecule has 1 aromatic heterocycles. The zero-order valence-electron chi connectivity index (χ0n) is 16.0. The third kappa shape index (κ3) is 3.24. The smallest absolute Gasteiger partial charge is 0.282 e. The maximum absolute atomic E-state index is 5.77. The van der Waals surface area contributed by atoms with Crippen LogP contribution in [0, 0.1) is 6.92 Å². The Labute approximate surface area is 164 Å². The second-order valence-electron chi connectivity index (χ2n) is 7.51. The van der Waals surface area contributed by atoms with Gasteiger partial charge in [-0.1, -0.05) is 29.4 Å². The van der Waals surface area contributed by atoms with E-state index >= 15 is 0 Å². The van der Waals surface area contributed by atoms with Crippen LogP contribution in [0.15, 0.2) is 47.0 Å². The molecule has 0 amide bonds. The number of hydrogen-bond donors (Lipinski definition) is 1. The minimum absolute atomic E-state index is 0.407. The molecule has 2 aliphatic rings. The summed E-state index contributed by atoms with van der Waals surface area (Å²) in [6.45, 7) is 5.13. The molecule has 2 aromatic carbocycles. The minimum Gasteiger partial charge on any atom is -0.486 e. The summed E-state index contributed by atoms with van der Waals surface area (Å²) in [7, 11) is 0. The summed E-state index contributed by atoms with van der Waals surface area (Å²) in [5.74, 6) is 3.06. The fourth-order valence-corrected chi connectivity index (χ4v) is 4.26. The van der Waals surface area contributed by atoms with E-state index in [-0.39, 0.29) is 0 Å². The zero-order chi connectivity index (χ0) is 18.9. The molecule has 0 aliphatic carbocycles. The molecule has 0 saturated carbocycles. The molecule has 1 saturated heterocycles. The minimum atomic E-state index is 0.407. The maximum Gasteiger partial charge on any atom is 0.282 e. The number of aromatic nitrogens is 2. The molecule has 0 radical (unpaired) electrons. The van der Waals surface area contributed by atoms with E-state index in [4.69, 9.17) is 14.0 Å². The van der Waals surface area contributed by atoms with Gasteiger partial charge in [0.2, 0.25) is 5.82 Å². The number of fused-ring (bicyclic) bond motifs is 1. The van der Waals surface area contributed by atoms with Gasteiger partial charge in [0.1, 0.15) is 19.3 Å². The van der Waals surface area contributed by atoms with Crippen molar-refractivity contribution in [2.24, 2.45) is 0 Å². The van der Waals surface area contributed by atoms with Gasteiger partial charge in [-0.25, -0.2) is 0 Å². The second-order valence-corrected chi connectivity index (χ2v) is 7.51. The largest absolute Gasteiger partial charge is 0.486 e. The average Bonchev–Trinajstić information content (AvgIpc) is 3.38. The Balaban J connectivity index is 1.35. The van der Waals surface area contributed by atoms with Gasteiger partial charge in [-0.05, 0) is 30.7 Å². The third-order valence-electron chi connectivity index (χ3n) is 5.68. The molecule has 6 heteroatoms. The predicted octanol–water partition coefficient (Wildman–Crippen LogP) is 2.74. The lowest BCUT2D eigenvalue weighted by atomic mass is 10.0. The van der Waals surface area contributed by atoms with Crippen molar-refractivity contribution in [2.75, 3.05) is 19.8 Å². The molecule has 144 valence electrons. The standard InChI is InChI=1S/C22H23N3O3/c1-15-5-2-3-6-17(15)22-23-21(28-24-22)14-25-10-4-7-18(25)16-8-9-19-20(13-16)27-12-11-26-19/h2-3,5-6,8-9,13,18H,4,7,10-12,14H2,1H3/p+1/t18-/m0/s1. The molecule has 1 N–H and O–H groups in total. The van der Waals surface area contributed by atoms with Crippen molar-refractivity contribution in [3.05, 3.63) is 59.5 Å². The molecule has 28 heavy (non-hydrogen) atoms. The Bertz CT molecular complexity index is 985. The molecule has 5 rings (SSSR count). The van der Waals surface area contributed by atoms with E-state index in [1.54, 1.807) is 0 Å². The lowest BCUT2D eigenvalue weighted by molar-refractivity contribution is -0.933. The summed E-state index contributed by atoms with van der Waals surface area (Å²) in [5, 5.41) is 4.21. The number of aryl methyl sites for hydroxylation is 1. The summed E-state index contributed by atoms with van der Waals surface area (Å²) < 4.78 is 17.0. The molecular weight excluding hydrogens is 354 g/mol. The van der Waals surface area contributed by atoms with E-state index in [9.17, 15) is 0 Å². The zero-order valence-corrected chi connectivity index (χ0v) is 16.0. The van der Waals surface area contributed by atoms with Crippen molar-refractivity contribution in [2.45, 2.75) is 32.4 Å². The number of benzene rings is 2. The van der Waals surface area contributed by atoms with E-state index in [1.165, 1.54) is 16.9 Å². The SMILES string of the molecule is Cc1ccccc1-c1noc(C[NH+]2CCC[C@H]2c2ccc3c(c2)OCCO3)n1. The molecule has 1 fully saturated rings. The van der Waals surface area contributed by atoms with Gasteiger partial charge in [0.25, 0.3) is 5.89 Å². The molecule has 6 nitrogen and oxygen atoms in total. The topological polar surface area (TPSA) is 61.8 Å². The average molecular weight is 378 g/mol. The summed E-state index contributed by atoms with van der Waals surface area (Å²) >= 11 is 0. The van der Waals surface area contributed by atoms with Gasteiger partial charge in [-0.15, -0.1) is 0 Å². The molecular formula is C22H24N3O3+. The lowest BCUT2D eigenvalue weighted by Crippen LogP contribution is -3.09. The van der Waals surface area contributed by atoms with Crippen LogP contribution in [0.1, 0.15) is 35.9 Å². The Morgan fingerprint density at radius 1 is 1.07 bits per heavy atom. The maximum atomic E-state index is 5.77. The number of rotatable bonds is 4. The third-order valence-corrected chi connectivity index (χ3v) is 5.68. The Morgan fingerprint density at radius 3 is 2.82 bits per heavy atom. The number of likely N-dealkylation sites (tertiary alicyclic amines) is 1. The predicted molar refractivity (Wildman–Crippen MR) is 103 cm³/mol. The van der Waals surface area contributed by atoms with Crippen molar-refractivity contribution >= 4 is 0 Å².